The summed E-state index contributed by atoms with van der Waals surface area (Å²) < 4.78 is 6.48. The summed E-state index contributed by atoms with van der Waals surface area (Å²) in [6, 6.07) is 14.6. The fourth-order valence-electron chi connectivity index (χ4n) is 2.00. The molecule has 1 atom stereocenters. The molecule has 0 saturated heterocycles. The number of aromatic nitrogens is 4. The van der Waals surface area contributed by atoms with E-state index < -0.39 is 6.10 Å². The van der Waals surface area contributed by atoms with Crippen molar-refractivity contribution < 1.29 is 9.84 Å². The predicted octanol–water partition coefficient (Wildman–Crippen LogP) is 3.20. The van der Waals surface area contributed by atoms with E-state index in [0.29, 0.717) is 16.6 Å². The molecule has 3 aromatic rings. The molecule has 1 aromatic heterocycles. The van der Waals surface area contributed by atoms with Crippen molar-refractivity contribution in [2.24, 2.45) is 0 Å². The third-order valence-corrected chi connectivity index (χ3v) is 3.97. The maximum Gasteiger partial charge on any atom is 0.204 e. The molecule has 0 saturated carbocycles. The van der Waals surface area contributed by atoms with Crippen molar-refractivity contribution in [1.82, 2.24) is 20.2 Å². The monoisotopic (exact) mass is 408 g/mol. The summed E-state index contributed by atoms with van der Waals surface area (Å²) in [7, 11) is 0. The molecule has 124 valence electrons. The van der Waals surface area contributed by atoms with Crippen LogP contribution in [0.5, 0.6) is 5.75 Å². The Bertz CT molecular complexity index is 793. The second-order valence-corrected chi connectivity index (χ2v) is 6.45. The first-order valence-corrected chi connectivity index (χ1v) is 8.37. The van der Waals surface area contributed by atoms with E-state index in [1.807, 2.05) is 24.3 Å². The van der Waals surface area contributed by atoms with Crippen molar-refractivity contribution in [3.8, 4) is 17.1 Å². The van der Waals surface area contributed by atoms with Gasteiger partial charge >= 0.3 is 0 Å². The Morgan fingerprint density at radius 2 is 1.83 bits per heavy atom. The van der Waals surface area contributed by atoms with Crippen LogP contribution in [0.4, 0.5) is 0 Å². The summed E-state index contributed by atoms with van der Waals surface area (Å²) in [6.45, 7) is 0.313. The maximum absolute atomic E-state index is 10.0. The van der Waals surface area contributed by atoms with Gasteiger partial charge in [0.25, 0.3) is 0 Å². The van der Waals surface area contributed by atoms with E-state index in [9.17, 15) is 5.11 Å². The summed E-state index contributed by atoms with van der Waals surface area (Å²) in [5, 5.41) is 22.9. The highest BCUT2D eigenvalue weighted by molar-refractivity contribution is 9.10. The van der Waals surface area contributed by atoms with E-state index in [0.717, 1.165) is 10.0 Å². The molecule has 0 spiro atoms. The van der Waals surface area contributed by atoms with Gasteiger partial charge in [-0.15, -0.1) is 10.2 Å². The quantitative estimate of drug-likeness (QED) is 0.677. The minimum atomic E-state index is -0.757. The van der Waals surface area contributed by atoms with Crippen LogP contribution in [0.15, 0.2) is 53.0 Å². The molecule has 2 aromatic carbocycles. The zero-order valence-electron chi connectivity index (χ0n) is 12.5. The molecule has 8 heteroatoms. The highest BCUT2D eigenvalue weighted by Gasteiger charge is 2.11. The Kier molecular flexibility index (Phi) is 5.44. The van der Waals surface area contributed by atoms with Crippen LogP contribution in [0, 0.1) is 0 Å². The molecule has 0 bridgehead atoms. The molecular weight excluding hydrogens is 396 g/mol. The van der Waals surface area contributed by atoms with Gasteiger partial charge in [0, 0.05) is 15.1 Å². The first-order valence-electron chi connectivity index (χ1n) is 7.20. The SMILES string of the molecule is OC(COc1ccc(Cl)cc1)Cn1nnc(-c2ccc(Br)cc2)n1. The number of ether oxygens (including phenoxy) is 1. The molecule has 0 radical (unpaired) electrons. The fraction of sp³-hybridized carbons (Fsp3) is 0.188. The number of nitrogens with zero attached hydrogens (tertiary/aromatic N) is 4. The van der Waals surface area contributed by atoms with Gasteiger partial charge in [-0.1, -0.05) is 27.5 Å². The smallest absolute Gasteiger partial charge is 0.204 e. The standard InChI is InChI=1S/C16H14BrClN4O2/c17-12-3-1-11(2-4-12)16-19-21-22(20-16)9-14(23)10-24-15-7-5-13(18)6-8-15/h1-8,14,23H,9-10H2. The van der Waals surface area contributed by atoms with Crippen molar-refractivity contribution in [2.45, 2.75) is 12.6 Å². The molecule has 0 amide bonds. The first-order chi connectivity index (χ1) is 11.6. The van der Waals surface area contributed by atoms with Crippen molar-refractivity contribution >= 4 is 27.5 Å². The van der Waals surface area contributed by atoms with E-state index in [1.165, 1.54) is 4.80 Å². The summed E-state index contributed by atoms with van der Waals surface area (Å²) in [5.74, 6) is 1.15. The molecule has 3 rings (SSSR count). The van der Waals surface area contributed by atoms with Gasteiger partial charge in [0.05, 0.1) is 6.54 Å². The van der Waals surface area contributed by atoms with Crippen molar-refractivity contribution in [3.63, 3.8) is 0 Å². The molecule has 0 aliphatic rings. The second-order valence-electron chi connectivity index (χ2n) is 5.09. The van der Waals surface area contributed by atoms with Gasteiger partial charge in [-0.3, -0.25) is 0 Å². The Morgan fingerprint density at radius 3 is 2.54 bits per heavy atom. The minimum Gasteiger partial charge on any atom is -0.491 e. The number of benzene rings is 2. The topological polar surface area (TPSA) is 73.1 Å². The lowest BCUT2D eigenvalue weighted by Gasteiger charge is -2.11. The average Bonchev–Trinajstić information content (AvgIpc) is 3.03. The van der Waals surface area contributed by atoms with Gasteiger partial charge in [-0.05, 0) is 53.7 Å². The highest BCUT2D eigenvalue weighted by Crippen LogP contribution is 2.18. The lowest BCUT2D eigenvalue weighted by molar-refractivity contribution is 0.0850. The van der Waals surface area contributed by atoms with Gasteiger partial charge in [-0.25, -0.2) is 0 Å². The van der Waals surface area contributed by atoms with Gasteiger partial charge in [0.2, 0.25) is 5.82 Å². The summed E-state index contributed by atoms with van der Waals surface area (Å²) in [4.78, 5) is 1.35. The predicted molar refractivity (Wildman–Crippen MR) is 93.9 cm³/mol. The first kappa shape index (κ1) is 16.9. The number of rotatable bonds is 6. The third kappa shape index (κ3) is 4.53. The number of hydrogen-bond acceptors (Lipinski definition) is 5. The number of halogens is 2. The van der Waals surface area contributed by atoms with E-state index in [1.54, 1.807) is 24.3 Å². The van der Waals surface area contributed by atoms with Crippen LogP contribution in [0.25, 0.3) is 11.4 Å². The van der Waals surface area contributed by atoms with Gasteiger partial charge in [-0.2, -0.15) is 4.80 Å². The third-order valence-electron chi connectivity index (χ3n) is 3.19. The molecular formula is C16H14BrClN4O2. The van der Waals surface area contributed by atoms with Crippen LogP contribution in [0.2, 0.25) is 5.02 Å². The van der Waals surface area contributed by atoms with Crippen molar-refractivity contribution in [2.75, 3.05) is 6.61 Å². The molecule has 1 heterocycles. The van der Waals surface area contributed by atoms with Gasteiger partial charge in [0.15, 0.2) is 0 Å². The van der Waals surface area contributed by atoms with Crippen LogP contribution in [-0.2, 0) is 6.54 Å². The highest BCUT2D eigenvalue weighted by atomic mass is 79.9. The largest absolute Gasteiger partial charge is 0.491 e. The Hall–Kier alpha value is -1.96. The van der Waals surface area contributed by atoms with Crippen LogP contribution >= 0.6 is 27.5 Å². The average molecular weight is 410 g/mol. The van der Waals surface area contributed by atoms with Crippen molar-refractivity contribution in [3.05, 3.63) is 58.0 Å². The summed E-state index contributed by atoms with van der Waals surface area (Å²) in [5.41, 5.74) is 0.858. The van der Waals surface area contributed by atoms with Crippen LogP contribution in [0.1, 0.15) is 0 Å². The zero-order valence-corrected chi connectivity index (χ0v) is 14.9. The Balaban J connectivity index is 1.55. The number of hydrogen-bond donors (Lipinski definition) is 1. The van der Waals surface area contributed by atoms with Gasteiger partial charge in [0.1, 0.15) is 18.5 Å². The van der Waals surface area contributed by atoms with Crippen molar-refractivity contribution in [1.29, 1.82) is 0 Å². The van der Waals surface area contributed by atoms with E-state index in [4.69, 9.17) is 16.3 Å². The van der Waals surface area contributed by atoms with Gasteiger partial charge < -0.3 is 9.84 Å². The summed E-state index contributed by atoms with van der Waals surface area (Å²) in [6.07, 6.45) is -0.757. The molecule has 0 aliphatic carbocycles. The Morgan fingerprint density at radius 1 is 1.12 bits per heavy atom. The maximum atomic E-state index is 10.0. The number of aliphatic hydroxyl groups is 1. The van der Waals surface area contributed by atoms with E-state index in [-0.39, 0.29) is 13.2 Å². The molecule has 1 N–H and O–H groups in total. The van der Waals surface area contributed by atoms with Crippen LogP contribution < -0.4 is 4.74 Å². The molecule has 0 fully saturated rings. The number of aliphatic hydroxyl groups excluding tert-OH is 1. The molecule has 24 heavy (non-hydrogen) atoms. The second kappa shape index (κ2) is 7.74. The fourth-order valence-corrected chi connectivity index (χ4v) is 2.39. The minimum absolute atomic E-state index is 0.122. The summed E-state index contributed by atoms with van der Waals surface area (Å²) >= 11 is 9.19. The Labute approximate surface area is 152 Å². The normalized spacial score (nSPS) is 12.1. The zero-order chi connectivity index (χ0) is 16.9. The van der Waals surface area contributed by atoms with Crippen LogP contribution in [0.3, 0.4) is 0 Å². The van der Waals surface area contributed by atoms with E-state index >= 15 is 0 Å². The molecule has 0 aliphatic heterocycles. The van der Waals surface area contributed by atoms with Crippen LogP contribution in [-0.4, -0.2) is 38.0 Å². The molecule has 1 unspecified atom stereocenters. The number of tetrazole rings is 1. The lowest BCUT2D eigenvalue weighted by Crippen LogP contribution is -2.24. The van der Waals surface area contributed by atoms with E-state index in [2.05, 4.69) is 31.3 Å². The lowest BCUT2D eigenvalue weighted by atomic mass is 10.2. The molecule has 6 nitrogen and oxygen atoms in total.